The summed E-state index contributed by atoms with van der Waals surface area (Å²) in [5, 5.41) is 14.8. The van der Waals surface area contributed by atoms with Gasteiger partial charge in [-0.15, -0.1) is 0 Å². The molecule has 2 aromatic rings. The van der Waals surface area contributed by atoms with Crippen molar-refractivity contribution in [3.05, 3.63) is 54.1 Å². The molecule has 31 heavy (non-hydrogen) atoms. The van der Waals surface area contributed by atoms with Crippen molar-refractivity contribution in [3.63, 3.8) is 0 Å². The van der Waals surface area contributed by atoms with E-state index >= 15 is 0 Å². The van der Waals surface area contributed by atoms with E-state index in [9.17, 15) is 13.2 Å². The highest BCUT2D eigenvalue weighted by molar-refractivity contribution is 7.99. The van der Waals surface area contributed by atoms with Crippen LogP contribution in [-0.2, 0) is 15.8 Å². The smallest absolute Gasteiger partial charge is 0.416 e. The third kappa shape index (κ3) is 8.14. The van der Waals surface area contributed by atoms with Gasteiger partial charge in [0.1, 0.15) is 11.9 Å². The summed E-state index contributed by atoms with van der Waals surface area (Å²) in [5.74, 6) is -2.85. The minimum absolute atomic E-state index is 0.186. The zero-order valence-electron chi connectivity index (χ0n) is 16.6. The van der Waals surface area contributed by atoms with Gasteiger partial charge in [-0.25, -0.2) is 9.59 Å². The Morgan fingerprint density at radius 3 is 2.06 bits per heavy atom. The van der Waals surface area contributed by atoms with Gasteiger partial charge in [0.25, 0.3) is 0 Å². The number of rotatable bonds is 4. The zero-order valence-corrected chi connectivity index (χ0v) is 17.4. The van der Waals surface area contributed by atoms with Gasteiger partial charge in [0, 0.05) is 18.0 Å². The Morgan fingerprint density at radius 2 is 1.55 bits per heavy atom. The molecule has 0 aliphatic carbocycles. The predicted octanol–water partition coefficient (Wildman–Crippen LogP) is 4.49. The van der Waals surface area contributed by atoms with Crippen molar-refractivity contribution in [1.29, 1.82) is 0 Å². The normalized spacial score (nSPS) is 15.0. The van der Waals surface area contributed by atoms with Gasteiger partial charge in [0.2, 0.25) is 0 Å². The number of alkyl halides is 3. The summed E-state index contributed by atoms with van der Waals surface area (Å²) >= 11 is 1.42. The van der Waals surface area contributed by atoms with Crippen LogP contribution in [0.15, 0.2) is 58.3 Å². The molecule has 10 heteroatoms. The van der Waals surface area contributed by atoms with E-state index in [1.807, 2.05) is 24.3 Å². The number of likely N-dealkylation sites (tertiary alicyclic amines) is 1. The summed E-state index contributed by atoms with van der Waals surface area (Å²) < 4.78 is 44.2. The molecule has 3 rings (SSSR count). The molecule has 0 spiro atoms. The highest BCUT2D eigenvalue weighted by Crippen LogP contribution is 2.37. The Morgan fingerprint density at radius 1 is 1.00 bits per heavy atom. The van der Waals surface area contributed by atoms with E-state index in [0.717, 1.165) is 53.6 Å². The third-order valence-corrected chi connectivity index (χ3v) is 5.47. The second-order valence-electron chi connectivity index (χ2n) is 6.80. The fraction of sp³-hybridized carbons (Fsp3) is 0.333. The molecule has 0 unspecified atom stereocenters. The molecule has 2 N–H and O–H groups in total. The number of benzene rings is 2. The standard InChI is InChI=1S/C19H20F3NOS.C2H2O4/c1-23-12-10-15(11-13-23)24-17-4-2-3-5-18(17)25-16-8-6-14(7-9-16)19(20,21)22;3-1(4)2(5)6/h2-9,15H,10-13H2,1H3;(H,3,4)(H,5,6). The van der Waals surface area contributed by atoms with Crippen molar-refractivity contribution >= 4 is 23.7 Å². The highest BCUT2D eigenvalue weighted by Gasteiger charge is 2.30. The van der Waals surface area contributed by atoms with Gasteiger partial charge < -0.3 is 19.8 Å². The van der Waals surface area contributed by atoms with E-state index in [-0.39, 0.29) is 6.10 Å². The summed E-state index contributed by atoms with van der Waals surface area (Å²) in [4.78, 5) is 22.2. The number of halogens is 3. The van der Waals surface area contributed by atoms with Crippen LogP contribution in [0.2, 0.25) is 0 Å². The van der Waals surface area contributed by atoms with Crippen molar-refractivity contribution in [1.82, 2.24) is 4.90 Å². The maximum atomic E-state index is 12.7. The molecule has 6 nitrogen and oxygen atoms in total. The lowest BCUT2D eigenvalue weighted by molar-refractivity contribution is -0.159. The number of carboxylic acids is 2. The second-order valence-corrected chi connectivity index (χ2v) is 7.92. The number of piperidine rings is 1. The van der Waals surface area contributed by atoms with Gasteiger partial charge >= 0.3 is 18.1 Å². The van der Waals surface area contributed by atoms with Crippen molar-refractivity contribution in [2.24, 2.45) is 0 Å². The molecule has 0 amide bonds. The third-order valence-electron chi connectivity index (χ3n) is 4.40. The van der Waals surface area contributed by atoms with Crippen LogP contribution in [0.1, 0.15) is 18.4 Å². The SMILES string of the molecule is CN1CCC(Oc2ccccc2Sc2ccc(C(F)(F)F)cc2)CC1.O=C(O)C(=O)O. The Bertz CT molecular complexity index is 869. The summed E-state index contributed by atoms with van der Waals surface area (Å²) in [6.07, 6.45) is -2.16. The molecule has 1 heterocycles. The van der Waals surface area contributed by atoms with Crippen LogP contribution in [0, 0.1) is 0 Å². The second kappa shape index (κ2) is 11.1. The molecule has 168 valence electrons. The summed E-state index contributed by atoms with van der Waals surface area (Å²) in [6, 6.07) is 12.9. The topological polar surface area (TPSA) is 87.1 Å². The Hall–Kier alpha value is -2.72. The lowest BCUT2D eigenvalue weighted by atomic mass is 10.1. The maximum absolute atomic E-state index is 12.7. The molecule has 1 aliphatic rings. The number of carboxylic acid groups (broad SMARTS) is 2. The van der Waals surface area contributed by atoms with Crippen molar-refractivity contribution in [2.75, 3.05) is 20.1 Å². The molecule has 2 aromatic carbocycles. The van der Waals surface area contributed by atoms with Crippen LogP contribution in [0.25, 0.3) is 0 Å². The summed E-state index contributed by atoms with van der Waals surface area (Å²) in [5.41, 5.74) is -0.632. The lowest BCUT2D eigenvalue weighted by Gasteiger charge is -2.29. The average molecular weight is 457 g/mol. The fourth-order valence-corrected chi connectivity index (χ4v) is 3.64. The van der Waals surface area contributed by atoms with Gasteiger partial charge in [-0.3, -0.25) is 0 Å². The molecular formula is C21H22F3NO5S. The van der Waals surface area contributed by atoms with Gasteiger partial charge in [0.05, 0.1) is 10.5 Å². The molecule has 0 bridgehead atoms. The zero-order chi connectivity index (χ0) is 23.0. The number of ether oxygens (including phenoxy) is 1. The molecule has 0 saturated carbocycles. The van der Waals surface area contributed by atoms with Gasteiger partial charge in [0.15, 0.2) is 0 Å². The van der Waals surface area contributed by atoms with Crippen LogP contribution in [-0.4, -0.2) is 53.3 Å². The Kier molecular flexibility index (Phi) is 8.76. The lowest BCUT2D eigenvalue weighted by Crippen LogP contribution is -2.35. The van der Waals surface area contributed by atoms with Crippen molar-refractivity contribution < 1.29 is 37.7 Å². The van der Waals surface area contributed by atoms with E-state index in [1.54, 1.807) is 0 Å². The maximum Gasteiger partial charge on any atom is 0.416 e. The highest BCUT2D eigenvalue weighted by atomic mass is 32.2. The first kappa shape index (κ1) is 24.5. The number of nitrogens with zero attached hydrogens (tertiary/aromatic N) is 1. The minimum atomic E-state index is -4.31. The van der Waals surface area contributed by atoms with Crippen molar-refractivity contribution in [2.45, 2.75) is 34.9 Å². The molecule has 0 aromatic heterocycles. The minimum Gasteiger partial charge on any atom is -0.489 e. The molecule has 1 aliphatic heterocycles. The van der Waals surface area contributed by atoms with Gasteiger partial charge in [-0.05, 0) is 56.3 Å². The number of carbonyl (C=O) groups is 2. The first-order valence-electron chi connectivity index (χ1n) is 9.32. The number of hydrogen-bond acceptors (Lipinski definition) is 5. The van der Waals surface area contributed by atoms with E-state index in [1.165, 1.54) is 23.9 Å². The van der Waals surface area contributed by atoms with Gasteiger partial charge in [-0.2, -0.15) is 13.2 Å². The Labute approximate surface area is 181 Å². The summed E-state index contributed by atoms with van der Waals surface area (Å²) in [7, 11) is 2.10. The van der Waals surface area contributed by atoms with E-state index in [4.69, 9.17) is 24.5 Å². The largest absolute Gasteiger partial charge is 0.489 e. The molecule has 1 fully saturated rings. The average Bonchev–Trinajstić information content (AvgIpc) is 2.71. The van der Waals surface area contributed by atoms with E-state index in [0.29, 0.717) is 0 Å². The van der Waals surface area contributed by atoms with Crippen LogP contribution < -0.4 is 4.74 Å². The van der Waals surface area contributed by atoms with Crippen LogP contribution >= 0.6 is 11.8 Å². The fourth-order valence-electron chi connectivity index (χ4n) is 2.75. The first-order valence-corrected chi connectivity index (χ1v) is 10.1. The van der Waals surface area contributed by atoms with E-state index in [2.05, 4.69) is 11.9 Å². The van der Waals surface area contributed by atoms with Gasteiger partial charge in [-0.1, -0.05) is 23.9 Å². The quantitative estimate of drug-likeness (QED) is 0.655. The van der Waals surface area contributed by atoms with Crippen LogP contribution in [0.3, 0.4) is 0 Å². The van der Waals surface area contributed by atoms with Crippen molar-refractivity contribution in [3.8, 4) is 5.75 Å². The summed E-state index contributed by atoms with van der Waals surface area (Å²) in [6.45, 7) is 2.03. The molecule has 1 saturated heterocycles. The number of para-hydroxylation sites is 1. The predicted molar refractivity (Wildman–Crippen MR) is 108 cm³/mol. The number of aliphatic carboxylic acids is 2. The first-order chi connectivity index (χ1) is 14.6. The number of hydrogen-bond donors (Lipinski definition) is 2. The van der Waals surface area contributed by atoms with E-state index < -0.39 is 23.7 Å². The van der Waals surface area contributed by atoms with Crippen LogP contribution in [0.5, 0.6) is 5.75 Å². The monoisotopic (exact) mass is 457 g/mol. The molecule has 0 radical (unpaired) electrons. The molecule has 0 atom stereocenters. The Balaban J connectivity index is 0.000000501. The molecular weight excluding hydrogens is 435 g/mol. The van der Waals surface area contributed by atoms with Crippen LogP contribution in [0.4, 0.5) is 13.2 Å².